The summed E-state index contributed by atoms with van der Waals surface area (Å²) in [6, 6.07) is 7.27. The van der Waals surface area contributed by atoms with Crippen molar-refractivity contribution in [3.8, 4) is 5.75 Å². The molecule has 1 aromatic carbocycles. The largest absolute Gasteiger partial charge is 0.490 e. The van der Waals surface area contributed by atoms with Gasteiger partial charge in [0.1, 0.15) is 12.4 Å². The van der Waals surface area contributed by atoms with Crippen LogP contribution in [0.5, 0.6) is 5.75 Å². The van der Waals surface area contributed by atoms with Crippen molar-refractivity contribution < 1.29 is 14.3 Å². The third-order valence-electron chi connectivity index (χ3n) is 4.42. The molecule has 1 unspecified atom stereocenters. The minimum absolute atomic E-state index is 0.0749. The summed E-state index contributed by atoms with van der Waals surface area (Å²) in [6.45, 7) is 8.23. The number of urea groups is 1. The zero-order valence-corrected chi connectivity index (χ0v) is 14.8. The molecule has 1 aliphatic heterocycles. The Hall–Kier alpha value is -2.50. The molecule has 0 bridgehead atoms. The molecule has 1 aliphatic rings. The lowest BCUT2D eigenvalue weighted by molar-refractivity contribution is -0.137. The zero-order valence-electron chi connectivity index (χ0n) is 14.8. The van der Waals surface area contributed by atoms with Crippen molar-refractivity contribution in [1.29, 1.82) is 0 Å². The van der Waals surface area contributed by atoms with E-state index in [0.29, 0.717) is 32.8 Å². The second-order valence-corrected chi connectivity index (χ2v) is 6.22. The predicted octanol–water partition coefficient (Wildman–Crippen LogP) is 2.39. The van der Waals surface area contributed by atoms with Crippen molar-refractivity contribution in [3.63, 3.8) is 0 Å². The molecular formula is C19H27N3O3. The van der Waals surface area contributed by atoms with Crippen LogP contribution in [-0.2, 0) is 11.3 Å². The first-order valence-electron chi connectivity index (χ1n) is 8.71. The lowest BCUT2D eigenvalue weighted by Gasteiger charge is -2.34. The Labute approximate surface area is 149 Å². The monoisotopic (exact) mass is 345 g/mol. The second-order valence-electron chi connectivity index (χ2n) is 6.22. The van der Waals surface area contributed by atoms with E-state index < -0.39 is 6.03 Å². The van der Waals surface area contributed by atoms with Crippen molar-refractivity contribution >= 4 is 11.9 Å². The summed E-state index contributed by atoms with van der Waals surface area (Å²) in [5, 5.41) is 0. The highest BCUT2D eigenvalue weighted by Gasteiger charge is 2.30. The Bertz CT molecular complexity index is 618. The number of carbonyl (C=O) groups excluding carboxylic acids is 2. The Morgan fingerprint density at radius 2 is 2.28 bits per heavy atom. The fraction of sp³-hybridized carbons (Fsp3) is 0.474. The van der Waals surface area contributed by atoms with Crippen molar-refractivity contribution in [2.75, 3.05) is 26.2 Å². The van der Waals surface area contributed by atoms with Gasteiger partial charge in [0.15, 0.2) is 0 Å². The summed E-state index contributed by atoms with van der Waals surface area (Å²) in [4.78, 5) is 27.6. The van der Waals surface area contributed by atoms with Crippen molar-refractivity contribution in [2.24, 2.45) is 11.7 Å². The number of nitrogens with two attached hydrogens (primary N) is 1. The lowest BCUT2D eigenvalue weighted by atomic mass is 9.96. The van der Waals surface area contributed by atoms with Gasteiger partial charge >= 0.3 is 6.03 Å². The molecule has 0 radical (unpaired) electrons. The molecule has 1 atom stereocenters. The quantitative estimate of drug-likeness (QED) is 0.771. The van der Waals surface area contributed by atoms with Crippen LogP contribution < -0.4 is 10.5 Å². The standard InChI is InChI=1S/C19H27N3O3/c1-3-11-25-17-9-5-7-15(12-17)13-21(4-2)18(23)16-8-6-10-22(14-16)19(20)24/h3,5,7,9,12,16H,1,4,6,8,10-11,13-14H2,2H3,(H2,20,24). The fourth-order valence-electron chi connectivity index (χ4n) is 3.09. The van der Waals surface area contributed by atoms with Gasteiger partial charge in [-0.2, -0.15) is 0 Å². The van der Waals surface area contributed by atoms with E-state index in [-0.39, 0.29) is 11.8 Å². The van der Waals surface area contributed by atoms with Crippen molar-refractivity contribution in [2.45, 2.75) is 26.3 Å². The van der Waals surface area contributed by atoms with E-state index in [9.17, 15) is 9.59 Å². The maximum atomic E-state index is 12.9. The maximum Gasteiger partial charge on any atom is 0.314 e. The highest BCUT2D eigenvalue weighted by atomic mass is 16.5. The van der Waals surface area contributed by atoms with Crippen LogP contribution in [0, 0.1) is 5.92 Å². The van der Waals surface area contributed by atoms with Crippen LogP contribution in [0.4, 0.5) is 4.79 Å². The predicted molar refractivity (Wildman–Crippen MR) is 97.1 cm³/mol. The smallest absolute Gasteiger partial charge is 0.314 e. The molecule has 1 saturated heterocycles. The molecule has 0 saturated carbocycles. The maximum absolute atomic E-state index is 12.9. The first-order chi connectivity index (χ1) is 12.0. The number of ether oxygens (including phenoxy) is 1. The van der Waals surface area contributed by atoms with E-state index in [2.05, 4.69) is 6.58 Å². The van der Waals surface area contributed by atoms with E-state index >= 15 is 0 Å². The van der Waals surface area contributed by atoms with Gasteiger partial charge in [-0.3, -0.25) is 4.79 Å². The van der Waals surface area contributed by atoms with Crippen LogP contribution >= 0.6 is 0 Å². The molecule has 0 aliphatic carbocycles. The lowest BCUT2D eigenvalue weighted by Crippen LogP contribution is -2.48. The molecule has 1 aromatic rings. The minimum Gasteiger partial charge on any atom is -0.490 e. The Balaban J connectivity index is 2.02. The van der Waals surface area contributed by atoms with Crippen molar-refractivity contribution in [3.05, 3.63) is 42.5 Å². The van der Waals surface area contributed by atoms with Crippen LogP contribution in [0.3, 0.4) is 0 Å². The van der Waals surface area contributed by atoms with Gasteiger partial charge in [-0.1, -0.05) is 24.8 Å². The molecule has 1 heterocycles. The van der Waals surface area contributed by atoms with Crippen LogP contribution in [0.25, 0.3) is 0 Å². The van der Waals surface area contributed by atoms with Crippen LogP contribution in [0.2, 0.25) is 0 Å². The average Bonchev–Trinajstić information content (AvgIpc) is 2.64. The highest BCUT2D eigenvalue weighted by molar-refractivity contribution is 5.80. The van der Waals surface area contributed by atoms with Gasteiger partial charge in [-0.05, 0) is 37.5 Å². The molecule has 6 nitrogen and oxygen atoms in total. The number of primary amides is 1. The molecule has 2 N–H and O–H groups in total. The number of hydrogen-bond donors (Lipinski definition) is 1. The van der Waals surface area contributed by atoms with E-state index in [1.165, 1.54) is 0 Å². The van der Waals surface area contributed by atoms with Gasteiger partial charge in [0.25, 0.3) is 0 Å². The van der Waals surface area contributed by atoms with E-state index in [1.807, 2.05) is 36.1 Å². The third kappa shape index (κ3) is 5.24. The summed E-state index contributed by atoms with van der Waals surface area (Å²) in [5.74, 6) is 0.658. The summed E-state index contributed by atoms with van der Waals surface area (Å²) in [6.07, 6.45) is 3.30. The molecule has 3 amide bonds. The van der Waals surface area contributed by atoms with Crippen molar-refractivity contribution in [1.82, 2.24) is 9.80 Å². The number of likely N-dealkylation sites (tertiary alicyclic amines) is 1. The molecule has 0 aromatic heterocycles. The molecular weight excluding hydrogens is 318 g/mol. The Morgan fingerprint density at radius 3 is 2.96 bits per heavy atom. The number of piperidine rings is 1. The minimum atomic E-state index is -0.451. The third-order valence-corrected chi connectivity index (χ3v) is 4.42. The first kappa shape index (κ1) is 18.8. The van der Waals surface area contributed by atoms with Gasteiger partial charge in [-0.25, -0.2) is 4.79 Å². The molecule has 136 valence electrons. The molecule has 0 spiro atoms. The highest BCUT2D eigenvalue weighted by Crippen LogP contribution is 2.21. The number of rotatable bonds is 7. The topological polar surface area (TPSA) is 75.9 Å². The summed E-state index contributed by atoms with van der Waals surface area (Å²) in [5.41, 5.74) is 6.37. The van der Waals surface area contributed by atoms with Gasteiger partial charge in [0.2, 0.25) is 5.91 Å². The number of hydrogen-bond acceptors (Lipinski definition) is 3. The number of nitrogens with zero attached hydrogens (tertiary/aromatic N) is 2. The SMILES string of the molecule is C=CCOc1cccc(CN(CC)C(=O)C2CCCN(C(N)=O)C2)c1. The van der Waals surface area contributed by atoms with Gasteiger partial charge < -0.3 is 20.3 Å². The van der Waals surface area contributed by atoms with Gasteiger partial charge in [-0.15, -0.1) is 0 Å². The average molecular weight is 345 g/mol. The zero-order chi connectivity index (χ0) is 18.2. The van der Waals surface area contributed by atoms with Crippen LogP contribution in [-0.4, -0.2) is 48.0 Å². The normalized spacial score (nSPS) is 17.0. The molecule has 2 rings (SSSR count). The molecule has 6 heteroatoms. The Morgan fingerprint density at radius 1 is 1.48 bits per heavy atom. The summed E-state index contributed by atoms with van der Waals surface area (Å²) >= 11 is 0. The number of amides is 3. The van der Waals surface area contributed by atoms with Crippen LogP contribution in [0.1, 0.15) is 25.3 Å². The fourth-order valence-corrected chi connectivity index (χ4v) is 3.09. The summed E-state index contributed by atoms with van der Waals surface area (Å²) in [7, 11) is 0. The van der Waals surface area contributed by atoms with Gasteiger partial charge in [0, 0.05) is 26.2 Å². The Kier molecular flexibility index (Phi) is 6.86. The number of benzene rings is 1. The second kappa shape index (κ2) is 9.11. The van der Waals surface area contributed by atoms with E-state index in [1.54, 1.807) is 11.0 Å². The summed E-state index contributed by atoms with van der Waals surface area (Å²) < 4.78 is 5.55. The molecule has 1 fully saturated rings. The van der Waals surface area contributed by atoms with E-state index in [4.69, 9.17) is 10.5 Å². The van der Waals surface area contributed by atoms with Crippen LogP contribution in [0.15, 0.2) is 36.9 Å². The first-order valence-corrected chi connectivity index (χ1v) is 8.71. The molecule has 25 heavy (non-hydrogen) atoms. The van der Waals surface area contributed by atoms with E-state index in [0.717, 1.165) is 24.2 Å². The van der Waals surface area contributed by atoms with Gasteiger partial charge in [0.05, 0.1) is 5.92 Å². The number of carbonyl (C=O) groups is 2.